The van der Waals surface area contributed by atoms with E-state index in [0.29, 0.717) is 19.8 Å². The van der Waals surface area contributed by atoms with Crippen molar-refractivity contribution in [1.29, 1.82) is 0 Å². The summed E-state index contributed by atoms with van der Waals surface area (Å²) in [6.45, 7) is 5.25. The maximum Gasteiger partial charge on any atom is 0.227 e. The number of carbonyl (C=O) groups is 1. The maximum absolute atomic E-state index is 13.4. The Morgan fingerprint density at radius 2 is 1.69 bits per heavy atom. The monoisotopic (exact) mass is 436 g/mol. The second kappa shape index (κ2) is 10.1. The van der Waals surface area contributed by atoms with Crippen LogP contribution in [0.4, 0.5) is 4.39 Å². The van der Waals surface area contributed by atoms with Crippen molar-refractivity contribution >= 4 is 16.7 Å². The number of rotatable bonds is 7. The standard InChI is InChI=1S/C26H29FN2O3/c1-18(20-3-4-22-16-24(31-2)10-7-21(22)15-20)26(30)28-17-25(29-11-13-32-14-12-29)19-5-8-23(27)9-6-19/h3-10,15-16,18,25H,11-14,17H2,1-2H3,(H,28,30)/t18-,25+/m0/s1. The molecule has 3 aromatic rings. The van der Waals surface area contributed by atoms with E-state index in [2.05, 4.69) is 16.3 Å². The van der Waals surface area contributed by atoms with Crippen LogP contribution in [0.2, 0.25) is 0 Å². The number of hydrogen-bond donors (Lipinski definition) is 1. The average Bonchev–Trinajstić information content (AvgIpc) is 2.84. The van der Waals surface area contributed by atoms with E-state index < -0.39 is 0 Å². The smallest absolute Gasteiger partial charge is 0.227 e. The van der Waals surface area contributed by atoms with Crippen molar-refractivity contribution < 1.29 is 18.7 Å². The van der Waals surface area contributed by atoms with Crippen molar-refractivity contribution in [1.82, 2.24) is 10.2 Å². The number of carbonyl (C=O) groups excluding carboxylic acids is 1. The summed E-state index contributed by atoms with van der Waals surface area (Å²) in [6, 6.07) is 18.5. The SMILES string of the molecule is COc1ccc2cc([C@H](C)C(=O)NC[C@H](c3ccc(F)cc3)N3CCOCC3)ccc2c1. The number of fused-ring (bicyclic) bond motifs is 1. The second-order valence-corrected chi connectivity index (χ2v) is 8.16. The van der Waals surface area contributed by atoms with Gasteiger partial charge in [0.25, 0.3) is 0 Å². The van der Waals surface area contributed by atoms with E-state index in [1.165, 1.54) is 12.1 Å². The molecule has 0 aromatic heterocycles. The third kappa shape index (κ3) is 5.09. The minimum absolute atomic E-state index is 0.0280. The van der Waals surface area contributed by atoms with Gasteiger partial charge in [-0.15, -0.1) is 0 Å². The summed E-state index contributed by atoms with van der Waals surface area (Å²) < 4.78 is 24.2. The highest BCUT2D eigenvalue weighted by atomic mass is 19.1. The molecule has 5 nitrogen and oxygen atoms in total. The molecule has 0 bridgehead atoms. The predicted octanol–water partition coefficient (Wildman–Crippen LogP) is 4.28. The van der Waals surface area contributed by atoms with Crippen LogP contribution in [-0.2, 0) is 9.53 Å². The molecule has 0 aliphatic carbocycles. The zero-order chi connectivity index (χ0) is 22.5. The summed E-state index contributed by atoms with van der Waals surface area (Å²) in [5.41, 5.74) is 1.95. The van der Waals surface area contributed by atoms with Gasteiger partial charge in [0.05, 0.1) is 32.3 Å². The van der Waals surface area contributed by atoms with Gasteiger partial charge in [-0.3, -0.25) is 9.69 Å². The van der Waals surface area contributed by atoms with Crippen LogP contribution in [0.3, 0.4) is 0 Å². The number of nitrogens with zero attached hydrogens (tertiary/aromatic N) is 1. The first-order chi connectivity index (χ1) is 15.5. The highest BCUT2D eigenvalue weighted by Gasteiger charge is 2.24. The van der Waals surface area contributed by atoms with Crippen molar-refractivity contribution in [2.45, 2.75) is 18.9 Å². The van der Waals surface area contributed by atoms with Gasteiger partial charge < -0.3 is 14.8 Å². The van der Waals surface area contributed by atoms with Crippen LogP contribution in [0.5, 0.6) is 5.75 Å². The molecule has 4 rings (SSSR count). The number of benzene rings is 3. The van der Waals surface area contributed by atoms with Gasteiger partial charge in [0, 0.05) is 19.6 Å². The molecule has 1 fully saturated rings. The average molecular weight is 437 g/mol. The molecule has 1 saturated heterocycles. The van der Waals surface area contributed by atoms with Crippen LogP contribution in [0.25, 0.3) is 10.8 Å². The molecular weight excluding hydrogens is 407 g/mol. The first-order valence-electron chi connectivity index (χ1n) is 11.0. The molecule has 0 unspecified atom stereocenters. The molecule has 1 aliphatic heterocycles. The van der Waals surface area contributed by atoms with Gasteiger partial charge in [0.2, 0.25) is 5.91 Å². The molecule has 32 heavy (non-hydrogen) atoms. The molecular formula is C26H29FN2O3. The highest BCUT2D eigenvalue weighted by molar-refractivity contribution is 5.88. The molecule has 168 valence electrons. The van der Waals surface area contributed by atoms with E-state index in [1.54, 1.807) is 19.2 Å². The zero-order valence-corrected chi connectivity index (χ0v) is 18.5. The lowest BCUT2D eigenvalue weighted by molar-refractivity contribution is -0.122. The van der Waals surface area contributed by atoms with Crippen LogP contribution in [0.1, 0.15) is 30.0 Å². The lowest BCUT2D eigenvalue weighted by Gasteiger charge is -2.35. The van der Waals surface area contributed by atoms with Gasteiger partial charge in [-0.05, 0) is 53.1 Å². The molecule has 1 N–H and O–H groups in total. The predicted molar refractivity (Wildman–Crippen MR) is 123 cm³/mol. The van der Waals surface area contributed by atoms with Crippen LogP contribution in [0.15, 0.2) is 60.7 Å². The lowest BCUT2D eigenvalue weighted by atomic mass is 9.96. The van der Waals surface area contributed by atoms with Gasteiger partial charge in [-0.1, -0.05) is 36.4 Å². The van der Waals surface area contributed by atoms with Crippen LogP contribution < -0.4 is 10.1 Å². The summed E-state index contributed by atoms with van der Waals surface area (Å²) in [7, 11) is 1.65. The molecule has 3 aromatic carbocycles. The Balaban J connectivity index is 1.47. The summed E-state index contributed by atoms with van der Waals surface area (Å²) in [4.78, 5) is 15.3. The molecule has 0 spiro atoms. The van der Waals surface area contributed by atoms with Crippen molar-refractivity contribution in [3.63, 3.8) is 0 Å². The summed E-state index contributed by atoms with van der Waals surface area (Å²) in [6.07, 6.45) is 0. The molecule has 1 heterocycles. The van der Waals surface area contributed by atoms with Gasteiger partial charge in [-0.2, -0.15) is 0 Å². The minimum Gasteiger partial charge on any atom is -0.497 e. The van der Waals surface area contributed by atoms with Crippen molar-refractivity contribution in [3.05, 3.63) is 77.6 Å². The summed E-state index contributed by atoms with van der Waals surface area (Å²) in [5, 5.41) is 5.27. The number of morpholine rings is 1. The van der Waals surface area contributed by atoms with E-state index in [9.17, 15) is 9.18 Å². The van der Waals surface area contributed by atoms with E-state index >= 15 is 0 Å². The molecule has 6 heteroatoms. The normalized spacial score (nSPS) is 16.5. The quantitative estimate of drug-likeness (QED) is 0.601. The van der Waals surface area contributed by atoms with Crippen LogP contribution in [-0.4, -0.2) is 50.8 Å². The van der Waals surface area contributed by atoms with E-state index in [1.807, 2.05) is 37.3 Å². The number of ether oxygens (including phenoxy) is 2. The molecule has 0 radical (unpaired) electrons. The third-order valence-electron chi connectivity index (χ3n) is 6.18. The Hall–Kier alpha value is -2.96. The molecule has 2 atom stereocenters. The fourth-order valence-electron chi connectivity index (χ4n) is 4.17. The maximum atomic E-state index is 13.4. The summed E-state index contributed by atoms with van der Waals surface area (Å²) >= 11 is 0. The number of methoxy groups -OCH3 is 1. The van der Waals surface area contributed by atoms with E-state index in [4.69, 9.17) is 9.47 Å². The van der Waals surface area contributed by atoms with Gasteiger partial charge in [0.1, 0.15) is 11.6 Å². The van der Waals surface area contributed by atoms with Gasteiger partial charge >= 0.3 is 0 Å². The molecule has 1 aliphatic rings. The first kappa shape index (κ1) is 22.2. The Kier molecular flexibility index (Phi) is 7.02. The van der Waals surface area contributed by atoms with E-state index in [0.717, 1.165) is 40.7 Å². The number of nitrogens with one attached hydrogen (secondary N) is 1. The number of halogens is 1. The topological polar surface area (TPSA) is 50.8 Å². The van der Waals surface area contributed by atoms with Crippen LogP contribution >= 0.6 is 0 Å². The number of amides is 1. The second-order valence-electron chi connectivity index (χ2n) is 8.16. The van der Waals surface area contributed by atoms with E-state index in [-0.39, 0.29) is 23.7 Å². The van der Waals surface area contributed by atoms with Gasteiger partial charge in [-0.25, -0.2) is 4.39 Å². The number of hydrogen-bond acceptors (Lipinski definition) is 4. The Labute approximate surface area is 188 Å². The molecule has 0 saturated carbocycles. The zero-order valence-electron chi connectivity index (χ0n) is 18.5. The molecule has 1 amide bonds. The first-order valence-corrected chi connectivity index (χ1v) is 11.0. The summed E-state index contributed by atoms with van der Waals surface area (Å²) in [5.74, 6) is 0.227. The minimum atomic E-state index is -0.292. The lowest BCUT2D eigenvalue weighted by Crippen LogP contribution is -2.44. The van der Waals surface area contributed by atoms with Crippen molar-refractivity contribution in [3.8, 4) is 5.75 Å². The van der Waals surface area contributed by atoms with Crippen molar-refractivity contribution in [2.24, 2.45) is 0 Å². The Morgan fingerprint density at radius 1 is 1.03 bits per heavy atom. The fourth-order valence-corrected chi connectivity index (χ4v) is 4.17. The largest absolute Gasteiger partial charge is 0.497 e. The Morgan fingerprint density at radius 3 is 2.41 bits per heavy atom. The van der Waals surface area contributed by atoms with Gasteiger partial charge in [0.15, 0.2) is 0 Å². The van der Waals surface area contributed by atoms with Crippen LogP contribution in [0, 0.1) is 5.82 Å². The Bertz CT molecular complexity index is 1060. The third-order valence-corrected chi connectivity index (χ3v) is 6.18. The van der Waals surface area contributed by atoms with Crippen molar-refractivity contribution in [2.75, 3.05) is 40.0 Å². The fraction of sp³-hybridized carbons (Fsp3) is 0.346. The highest BCUT2D eigenvalue weighted by Crippen LogP contribution is 2.26.